The molecule has 1 atom stereocenters. The summed E-state index contributed by atoms with van der Waals surface area (Å²) < 4.78 is 0. The molecule has 0 radical (unpaired) electrons. The summed E-state index contributed by atoms with van der Waals surface area (Å²) in [6.07, 6.45) is 1.00. The number of nitrogens with zero attached hydrogens (tertiary/aromatic N) is 2. The van der Waals surface area contributed by atoms with Gasteiger partial charge in [0, 0.05) is 10.6 Å². The van der Waals surface area contributed by atoms with Gasteiger partial charge in [0.05, 0.1) is 4.83 Å². The van der Waals surface area contributed by atoms with Crippen molar-refractivity contribution < 1.29 is 0 Å². The van der Waals surface area contributed by atoms with Gasteiger partial charge in [-0.25, -0.2) is 0 Å². The van der Waals surface area contributed by atoms with Crippen LogP contribution in [0, 0.1) is 6.92 Å². The Bertz CT molecular complexity index is 527. The number of hydrogen-bond acceptors (Lipinski definition) is 3. The van der Waals surface area contributed by atoms with Gasteiger partial charge in [0.2, 0.25) is 0 Å². The highest BCUT2D eigenvalue weighted by atomic mass is 79.9. The van der Waals surface area contributed by atoms with Gasteiger partial charge in [-0.3, -0.25) is 0 Å². The predicted molar refractivity (Wildman–Crippen MR) is 77.1 cm³/mol. The molecular formula is C12H12BrClN2S. The van der Waals surface area contributed by atoms with Crippen molar-refractivity contribution >= 4 is 38.9 Å². The molecule has 1 heterocycles. The van der Waals surface area contributed by atoms with Crippen LogP contribution in [0.15, 0.2) is 18.2 Å². The molecule has 0 amide bonds. The van der Waals surface area contributed by atoms with Gasteiger partial charge in [0.15, 0.2) is 0 Å². The van der Waals surface area contributed by atoms with Gasteiger partial charge in [0.1, 0.15) is 10.0 Å². The van der Waals surface area contributed by atoms with Crippen LogP contribution in [0.1, 0.15) is 28.7 Å². The highest BCUT2D eigenvalue weighted by Gasteiger charge is 2.14. The third-order valence-corrected chi connectivity index (χ3v) is 5.19. The molecule has 0 saturated carbocycles. The van der Waals surface area contributed by atoms with Crippen LogP contribution < -0.4 is 0 Å². The molecule has 0 aliphatic rings. The number of benzene rings is 1. The van der Waals surface area contributed by atoms with E-state index in [4.69, 9.17) is 11.6 Å². The van der Waals surface area contributed by atoms with Crippen molar-refractivity contribution in [2.45, 2.75) is 25.1 Å². The van der Waals surface area contributed by atoms with E-state index in [1.165, 1.54) is 5.56 Å². The second-order valence-corrected chi connectivity index (χ2v) is 6.33. The van der Waals surface area contributed by atoms with Crippen molar-refractivity contribution in [1.29, 1.82) is 0 Å². The van der Waals surface area contributed by atoms with Gasteiger partial charge >= 0.3 is 0 Å². The van der Waals surface area contributed by atoms with E-state index < -0.39 is 0 Å². The van der Waals surface area contributed by atoms with Crippen LogP contribution in [0.5, 0.6) is 0 Å². The molecule has 5 heteroatoms. The summed E-state index contributed by atoms with van der Waals surface area (Å²) in [5, 5.41) is 11.1. The third-order valence-electron chi connectivity index (χ3n) is 2.50. The van der Waals surface area contributed by atoms with Crippen molar-refractivity contribution in [3.63, 3.8) is 0 Å². The first-order valence-electron chi connectivity index (χ1n) is 5.35. The predicted octanol–water partition coefficient (Wildman–Crippen LogP) is 5.01. The molecule has 0 aliphatic carbocycles. The van der Waals surface area contributed by atoms with E-state index in [-0.39, 0.29) is 4.83 Å². The lowest BCUT2D eigenvalue weighted by Gasteiger charge is -2.02. The van der Waals surface area contributed by atoms with Gasteiger partial charge in [0.25, 0.3) is 0 Å². The Balaban J connectivity index is 2.40. The van der Waals surface area contributed by atoms with Crippen molar-refractivity contribution in [3.8, 4) is 10.6 Å². The first-order chi connectivity index (χ1) is 8.11. The Hall–Kier alpha value is -0.450. The van der Waals surface area contributed by atoms with Gasteiger partial charge in [-0.05, 0) is 31.0 Å². The molecule has 0 spiro atoms. The van der Waals surface area contributed by atoms with E-state index in [0.717, 1.165) is 27.0 Å². The number of aryl methyl sites for hydroxylation is 1. The van der Waals surface area contributed by atoms with E-state index in [1.54, 1.807) is 11.3 Å². The van der Waals surface area contributed by atoms with Crippen LogP contribution in [0.25, 0.3) is 10.6 Å². The average molecular weight is 332 g/mol. The summed E-state index contributed by atoms with van der Waals surface area (Å²) in [7, 11) is 0. The van der Waals surface area contributed by atoms with E-state index in [9.17, 15) is 0 Å². The molecule has 0 N–H and O–H groups in total. The smallest absolute Gasteiger partial charge is 0.142 e. The zero-order chi connectivity index (χ0) is 12.4. The largest absolute Gasteiger partial charge is 0.148 e. The first kappa shape index (κ1) is 13.0. The Labute approximate surface area is 118 Å². The highest BCUT2D eigenvalue weighted by Crippen LogP contribution is 2.34. The molecule has 2 nitrogen and oxygen atoms in total. The molecule has 1 aromatic carbocycles. The maximum absolute atomic E-state index is 6.01. The molecule has 0 bridgehead atoms. The number of aromatic nitrogens is 2. The molecule has 2 rings (SSSR count). The van der Waals surface area contributed by atoms with E-state index in [1.807, 2.05) is 18.2 Å². The van der Waals surface area contributed by atoms with Crippen molar-refractivity contribution in [1.82, 2.24) is 10.2 Å². The second kappa shape index (κ2) is 5.46. The van der Waals surface area contributed by atoms with Crippen molar-refractivity contribution in [2.24, 2.45) is 0 Å². The summed E-state index contributed by atoms with van der Waals surface area (Å²) in [5.74, 6) is 0. The molecule has 17 heavy (non-hydrogen) atoms. The van der Waals surface area contributed by atoms with E-state index in [2.05, 4.69) is 40.0 Å². The standard InChI is InChI=1S/C12H12BrClN2S/c1-3-10(13)12-16-15-11(17-12)9-6-8(14)5-4-7(9)2/h4-6,10H,3H2,1-2H3. The first-order valence-corrected chi connectivity index (χ1v) is 7.46. The zero-order valence-electron chi connectivity index (χ0n) is 9.58. The minimum absolute atomic E-state index is 0.285. The molecular weight excluding hydrogens is 320 g/mol. The average Bonchev–Trinajstić information content (AvgIpc) is 2.80. The lowest BCUT2D eigenvalue weighted by atomic mass is 10.1. The molecule has 0 fully saturated rings. The summed E-state index contributed by atoms with van der Waals surface area (Å²) in [4.78, 5) is 0.285. The Kier molecular flexibility index (Phi) is 4.17. The molecule has 1 aromatic heterocycles. The van der Waals surface area contributed by atoms with Crippen LogP contribution in [-0.4, -0.2) is 10.2 Å². The fourth-order valence-corrected chi connectivity index (χ4v) is 3.00. The Morgan fingerprint density at radius 2 is 2.18 bits per heavy atom. The lowest BCUT2D eigenvalue weighted by molar-refractivity contribution is 0.870. The molecule has 1 unspecified atom stereocenters. The van der Waals surface area contributed by atoms with Crippen LogP contribution in [0.4, 0.5) is 0 Å². The van der Waals surface area contributed by atoms with Crippen LogP contribution >= 0.6 is 38.9 Å². The Morgan fingerprint density at radius 3 is 2.88 bits per heavy atom. The molecule has 90 valence electrons. The van der Waals surface area contributed by atoms with Crippen LogP contribution in [0.2, 0.25) is 5.02 Å². The monoisotopic (exact) mass is 330 g/mol. The number of rotatable bonds is 3. The van der Waals surface area contributed by atoms with Gasteiger partial charge in [-0.15, -0.1) is 10.2 Å². The van der Waals surface area contributed by atoms with Crippen molar-refractivity contribution in [3.05, 3.63) is 33.8 Å². The minimum Gasteiger partial charge on any atom is -0.142 e. The van der Waals surface area contributed by atoms with Crippen LogP contribution in [-0.2, 0) is 0 Å². The zero-order valence-corrected chi connectivity index (χ0v) is 12.7. The fourth-order valence-electron chi connectivity index (χ4n) is 1.47. The third kappa shape index (κ3) is 2.87. The number of alkyl halides is 1. The highest BCUT2D eigenvalue weighted by molar-refractivity contribution is 9.09. The minimum atomic E-state index is 0.285. The Morgan fingerprint density at radius 1 is 1.41 bits per heavy atom. The quantitative estimate of drug-likeness (QED) is 0.739. The van der Waals surface area contributed by atoms with E-state index >= 15 is 0 Å². The number of hydrogen-bond donors (Lipinski definition) is 0. The van der Waals surface area contributed by atoms with E-state index in [0.29, 0.717) is 0 Å². The van der Waals surface area contributed by atoms with Gasteiger partial charge in [-0.2, -0.15) is 0 Å². The summed E-state index contributed by atoms with van der Waals surface area (Å²) in [6.45, 7) is 4.17. The van der Waals surface area contributed by atoms with Crippen LogP contribution in [0.3, 0.4) is 0 Å². The SMILES string of the molecule is CCC(Br)c1nnc(-c2cc(Cl)ccc2C)s1. The topological polar surface area (TPSA) is 25.8 Å². The molecule has 0 aliphatic heterocycles. The normalized spacial score (nSPS) is 12.7. The lowest BCUT2D eigenvalue weighted by Crippen LogP contribution is -1.85. The molecule has 2 aromatic rings. The van der Waals surface area contributed by atoms with Crippen molar-refractivity contribution in [2.75, 3.05) is 0 Å². The second-order valence-electron chi connectivity index (χ2n) is 3.78. The summed E-state index contributed by atoms with van der Waals surface area (Å²) in [5.41, 5.74) is 2.23. The fraction of sp³-hybridized carbons (Fsp3) is 0.333. The van der Waals surface area contributed by atoms with Gasteiger partial charge in [-0.1, -0.05) is 51.9 Å². The number of halogens is 2. The summed E-state index contributed by atoms with van der Waals surface area (Å²) >= 11 is 11.2. The summed E-state index contributed by atoms with van der Waals surface area (Å²) in [6, 6.07) is 5.84. The van der Waals surface area contributed by atoms with Gasteiger partial charge < -0.3 is 0 Å². The maximum Gasteiger partial charge on any atom is 0.148 e. The molecule has 0 saturated heterocycles. The maximum atomic E-state index is 6.01.